The fraction of sp³-hybridized carbons (Fsp3) is 0.600. The number of aliphatic hydroxyl groups excluding tert-OH is 1. The van der Waals surface area contributed by atoms with E-state index in [0.29, 0.717) is 5.56 Å². The Kier molecular flexibility index (Phi) is 23.1. The molecule has 7 aromatic heterocycles. The molecule has 7 fully saturated rings. The lowest BCUT2D eigenvalue weighted by Crippen LogP contribution is -2.51. The summed E-state index contributed by atoms with van der Waals surface area (Å²) in [6.45, 7) is -18.6. The first-order valence-corrected chi connectivity index (χ1v) is 46.2. The van der Waals surface area contributed by atoms with Crippen LogP contribution in [-0.4, -0.2) is 222 Å². The highest BCUT2D eigenvalue weighted by molar-refractivity contribution is 8.08. The second kappa shape index (κ2) is 31.1. The zero-order chi connectivity index (χ0) is 79.7. The first kappa shape index (κ1) is 82.4. The molecule has 111 heavy (non-hydrogen) atoms. The zero-order valence-electron chi connectivity index (χ0n) is 58.4. The van der Waals surface area contributed by atoms with Crippen LogP contribution in [0.25, 0.3) is 22.3 Å². The Bertz CT molecular complexity index is 5450. The molecule has 14 heterocycles. The molecule has 4 bridgehead atoms. The zero-order valence-corrected chi connectivity index (χ0v) is 67.0. The Morgan fingerprint density at radius 3 is 1.50 bits per heavy atom. The van der Waals surface area contributed by atoms with Crippen LogP contribution in [-0.2, 0) is 137 Å². The van der Waals surface area contributed by atoms with Crippen LogP contribution in [0, 0.1) is 20.8 Å². The highest BCUT2D eigenvalue weighted by Gasteiger charge is 2.70. The second-order valence-electron chi connectivity index (χ2n) is 26.6. The van der Waals surface area contributed by atoms with Gasteiger partial charge in [0.25, 0.3) is 16.7 Å². The smallest absolute Gasteiger partial charge is 0.351 e. The van der Waals surface area contributed by atoms with Gasteiger partial charge in [-0.3, -0.25) is 61.2 Å². The maximum atomic E-state index is 13.4. The van der Waals surface area contributed by atoms with Crippen LogP contribution in [0.3, 0.4) is 0 Å². The molecule has 46 nitrogen and oxygen atoms in total. The largest absolute Gasteiger partial charge is 0.393 e. The van der Waals surface area contributed by atoms with Crippen molar-refractivity contribution in [3.05, 3.63) is 117 Å². The number of hydrogen-bond donors (Lipinski definition) is 12. The average Bonchev–Trinajstić information content (AvgIpc) is 1.55. The summed E-state index contributed by atoms with van der Waals surface area (Å²) in [5, 5.41) is 10.9. The minimum atomic E-state index is -4.74. The Labute approximate surface area is 648 Å². The highest BCUT2D eigenvalue weighted by Crippen LogP contribution is 2.62. The molecular formula is C55H72N17O29P5S5. The fourth-order valence-electron chi connectivity index (χ4n) is 14.0. The van der Waals surface area contributed by atoms with E-state index in [0.717, 1.165) is 20.8 Å². The monoisotopic (exact) mass is 1750 g/mol. The van der Waals surface area contributed by atoms with E-state index in [-0.39, 0.29) is 70.3 Å². The summed E-state index contributed by atoms with van der Waals surface area (Å²) < 4.78 is 110. The van der Waals surface area contributed by atoms with Gasteiger partial charge in [-0.1, -0.05) is 0 Å². The molecule has 24 atom stereocenters. The van der Waals surface area contributed by atoms with Gasteiger partial charge in [0.05, 0.1) is 76.2 Å². The minimum Gasteiger partial charge on any atom is -0.393 e. The van der Waals surface area contributed by atoms with Gasteiger partial charge in [-0.15, -0.1) is 0 Å². The number of H-pyrrole nitrogens is 3. The summed E-state index contributed by atoms with van der Waals surface area (Å²) in [7, 11) is 1.10. The van der Waals surface area contributed by atoms with Gasteiger partial charge in [-0.2, -0.15) is 9.97 Å². The Morgan fingerprint density at radius 2 is 0.973 bits per heavy atom. The van der Waals surface area contributed by atoms with Crippen molar-refractivity contribution in [2.75, 3.05) is 57.3 Å². The summed E-state index contributed by atoms with van der Waals surface area (Å²) in [6, 6.07) is 0. The van der Waals surface area contributed by atoms with E-state index in [1.54, 1.807) is 20.8 Å². The Balaban J connectivity index is 0.707. The van der Waals surface area contributed by atoms with Crippen molar-refractivity contribution in [1.29, 1.82) is 0 Å². The number of aryl methyl sites for hydroxylation is 3. The van der Waals surface area contributed by atoms with Crippen molar-refractivity contribution in [1.82, 2.24) is 67.7 Å². The topological polar surface area (TPSA) is 608 Å². The summed E-state index contributed by atoms with van der Waals surface area (Å²) in [5.74, 6) is -0.330. The van der Waals surface area contributed by atoms with Gasteiger partial charge < -0.3 is 116 Å². The van der Waals surface area contributed by atoms with E-state index >= 15 is 0 Å². The lowest BCUT2D eigenvalue weighted by Gasteiger charge is -2.38. The first-order chi connectivity index (χ1) is 52.2. The average molecular weight is 1750 g/mol. The van der Waals surface area contributed by atoms with Gasteiger partial charge in [0, 0.05) is 61.7 Å². The number of imidazole rings is 2. The van der Waals surface area contributed by atoms with Crippen LogP contribution in [0.4, 0.5) is 17.6 Å². The van der Waals surface area contributed by atoms with Gasteiger partial charge in [-0.25, -0.2) is 34.3 Å². The summed E-state index contributed by atoms with van der Waals surface area (Å²) >= 11 is 27.7. The molecule has 0 aliphatic carbocycles. The van der Waals surface area contributed by atoms with Crippen LogP contribution in [0.5, 0.6) is 0 Å². The number of ether oxygens (including phenoxy) is 7. The third-order valence-electron chi connectivity index (χ3n) is 19.7. The molecule has 0 spiro atoms. The van der Waals surface area contributed by atoms with E-state index < -0.39 is 216 Å². The molecule has 7 aliphatic heterocycles. The minimum absolute atomic E-state index is 0.00421. The molecule has 0 aromatic carbocycles. The van der Waals surface area contributed by atoms with Gasteiger partial charge in [0.15, 0.2) is 35.1 Å². The molecule has 0 amide bonds. The van der Waals surface area contributed by atoms with Crippen LogP contribution in [0.2, 0.25) is 0 Å². The number of rotatable bonds is 29. The number of aromatic amines is 3. The predicted octanol–water partition coefficient (Wildman–Crippen LogP) is -1.32. The Morgan fingerprint density at radius 1 is 0.523 bits per heavy atom. The number of nitrogen functional groups attached to an aromatic ring is 3. The number of aromatic nitrogens is 14. The summed E-state index contributed by atoms with van der Waals surface area (Å²) in [6.07, 6.45) is -15.0. The van der Waals surface area contributed by atoms with Gasteiger partial charge in [-0.05, 0) is 93.7 Å². The second-order valence-corrected chi connectivity index (χ2v) is 40.7. The highest BCUT2D eigenvalue weighted by atomic mass is 32.5. The lowest BCUT2D eigenvalue weighted by molar-refractivity contribution is -0.219. The molecule has 7 aliphatic rings. The van der Waals surface area contributed by atoms with Crippen LogP contribution >= 0.6 is 33.6 Å². The molecule has 606 valence electrons. The molecule has 0 radical (unpaired) electrons. The molecule has 7 aromatic rings. The van der Waals surface area contributed by atoms with Crippen molar-refractivity contribution < 1.29 is 108 Å². The normalized spacial score (nSPS) is 33.2. The van der Waals surface area contributed by atoms with Gasteiger partial charge in [0.1, 0.15) is 90.3 Å². The number of fused-ring (bicyclic) bond motifs is 6. The van der Waals surface area contributed by atoms with E-state index in [4.69, 9.17) is 155 Å². The predicted molar refractivity (Wildman–Crippen MR) is 397 cm³/mol. The molecule has 14 rings (SSSR count). The number of anilines is 3. The third kappa shape index (κ3) is 16.3. The fourth-order valence-corrected chi connectivity index (χ4v) is 20.9. The standard InChI is InChI=1S/C55H72N17O29P5S5/c1-21-10-70(51(77)63-41(21)56)48-37-39(54(16-73,95-48)24(4)90-37)100-106(84,111)89-17-55-25(5)91-38(49(96-55)72-20-61-35-42(57)59-18-60-43(35)72)40(55)101-105(83,110)88-15-31-28(9-34(94-31)71-19-62-36-44(71)64-50(58)65-47(36)76)99-104(82,109)87-14-30-27(8-33(93-30)69-12-23(3)46(75)67-53(69)79)98-103(81,108)86-13-29-26(97-102(80,107)85-6)7-32(92-29)68-11-22(2)45(74)66-52(68)78/h10-12,18-20,24-34,37-40,48-49,73H,7-9,13-17H2,1-6H3,(H,80,107)(H,81,108)(H,82,109)(H,83,110)(H,84,111)(H2,56,63,77)(H2,57,59,60)(H,66,74,78)(H,67,75,79)(H3,58,64,65,76)/t24-,25-,26+,27+,28+,29+,30+,31+,32+,33+,34+,37?,38?,39+,40+,48+,49+,54-,55-,102?,103?,104?,105?,106?/m0/s1. The van der Waals surface area contributed by atoms with Crippen LogP contribution < -0.4 is 50.9 Å². The Hall–Kier alpha value is -5.13. The summed E-state index contributed by atoms with van der Waals surface area (Å²) in [5.41, 5.74) is 10.5. The van der Waals surface area contributed by atoms with Gasteiger partial charge in [0.2, 0.25) is 5.95 Å². The number of aliphatic hydroxyl groups is 1. The van der Waals surface area contributed by atoms with Crippen molar-refractivity contribution in [2.45, 2.75) is 169 Å². The van der Waals surface area contributed by atoms with Crippen molar-refractivity contribution in [2.24, 2.45) is 0 Å². The molecule has 56 heteroatoms. The van der Waals surface area contributed by atoms with E-state index in [1.807, 2.05) is 0 Å². The summed E-state index contributed by atoms with van der Waals surface area (Å²) in [4.78, 5) is 168. The molecule has 7 saturated heterocycles. The van der Waals surface area contributed by atoms with Crippen molar-refractivity contribution in [3.8, 4) is 0 Å². The van der Waals surface area contributed by atoms with E-state index in [9.17, 15) is 58.3 Å². The van der Waals surface area contributed by atoms with Crippen LogP contribution in [0.1, 0.15) is 80.9 Å². The molecular weight excluding hydrogens is 1680 g/mol. The lowest BCUT2D eigenvalue weighted by atomic mass is 9.94. The van der Waals surface area contributed by atoms with E-state index in [1.165, 1.54) is 60.6 Å². The van der Waals surface area contributed by atoms with Crippen LogP contribution in [0.15, 0.2) is 66.3 Å². The number of nitrogens with two attached hydrogens (primary N) is 3. The van der Waals surface area contributed by atoms with Crippen molar-refractivity contribution in [3.63, 3.8) is 0 Å². The first-order valence-electron chi connectivity index (χ1n) is 33.3. The SMILES string of the molecule is COP(O)(=S)O[C@@H]1C[C@H](n2cc(C)c(=O)[nH]c2=O)O[C@@H]1COP(O)(=S)O[C@@H]1C[C@H](n2cc(C)c(=O)[nH]c2=O)O[C@@H]1COP(O)(=S)O[C@@H]1C[C@H](n2cnc3c(=O)[nH]c(N)nc32)O[C@@H]1COP(O)(=S)O[C@@H]1C2O[C@@H](C)[C@]1(COP(O)(=S)O[C@@H]1C3O[C@@H](C)[C@]1(CO)O[C@H]3n1cc(C)c(N)nc1=O)O[C@H]2n1cnc2c(N)ncnc21. The molecule has 15 N–H and O–H groups in total. The maximum Gasteiger partial charge on any atom is 0.351 e. The third-order valence-corrected chi connectivity index (χ3v) is 27.6. The van der Waals surface area contributed by atoms with E-state index in [2.05, 4.69) is 44.9 Å². The number of nitrogens with zero attached hydrogens (tertiary/aromatic N) is 11. The van der Waals surface area contributed by atoms with Gasteiger partial charge >= 0.3 is 50.7 Å². The number of hydrogen-bond acceptors (Lipinski definition) is 38. The van der Waals surface area contributed by atoms with Crippen molar-refractivity contribution >= 4 is 133 Å². The molecule has 7 unspecified atom stereocenters. The number of nitrogens with one attached hydrogen (secondary N) is 3. The molecule has 0 saturated carbocycles. The quantitative estimate of drug-likeness (QED) is 0.0242. The maximum absolute atomic E-state index is 13.4.